The van der Waals surface area contributed by atoms with Crippen molar-refractivity contribution in [3.05, 3.63) is 43.0 Å². The molecule has 1 saturated carbocycles. The third-order valence-corrected chi connectivity index (χ3v) is 5.13. The lowest BCUT2D eigenvalue weighted by Gasteiger charge is -2.13. The largest absolute Gasteiger partial charge is 0.492 e. The molecule has 5 nitrogen and oxygen atoms in total. The van der Waals surface area contributed by atoms with Gasteiger partial charge in [0.1, 0.15) is 16.7 Å². The van der Waals surface area contributed by atoms with Crippen molar-refractivity contribution in [2.75, 3.05) is 11.9 Å². The van der Waals surface area contributed by atoms with E-state index in [0.29, 0.717) is 31.0 Å². The van der Waals surface area contributed by atoms with E-state index in [0.717, 1.165) is 0 Å². The lowest BCUT2D eigenvalue weighted by molar-refractivity contribution is -0.120. The van der Waals surface area contributed by atoms with Gasteiger partial charge in [-0.25, -0.2) is 4.98 Å². The number of hydrogen-bond donors (Lipinski definition) is 1. The molecule has 0 bridgehead atoms. The number of ether oxygens (including phenoxy) is 1. The molecule has 1 aliphatic rings. The van der Waals surface area contributed by atoms with Crippen LogP contribution in [0.2, 0.25) is 0 Å². The van der Waals surface area contributed by atoms with Crippen LogP contribution in [0.5, 0.6) is 5.75 Å². The van der Waals surface area contributed by atoms with Crippen LogP contribution in [0, 0.1) is 5.41 Å². The number of rotatable bonds is 6. The lowest BCUT2D eigenvalue weighted by atomic mass is 10.1. The number of anilines is 1. The molecular formula is C16H17Cl2N3O2. The van der Waals surface area contributed by atoms with Crippen molar-refractivity contribution in [3.63, 3.8) is 0 Å². The van der Waals surface area contributed by atoms with Crippen LogP contribution in [0.4, 0.5) is 5.69 Å². The van der Waals surface area contributed by atoms with Gasteiger partial charge >= 0.3 is 0 Å². The molecule has 1 aromatic carbocycles. The fourth-order valence-corrected chi connectivity index (χ4v) is 2.97. The molecule has 1 atom stereocenters. The highest BCUT2D eigenvalue weighted by Gasteiger charge is 2.67. The third kappa shape index (κ3) is 3.46. The number of nitrogens with one attached hydrogen (secondary N) is 1. The minimum absolute atomic E-state index is 0.182. The smallest absolute Gasteiger partial charge is 0.233 e. The van der Waals surface area contributed by atoms with Crippen molar-refractivity contribution in [1.82, 2.24) is 9.55 Å². The molecule has 1 aliphatic carbocycles. The molecule has 3 rings (SSSR count). The SMILES string of the molecule is CC1(C(=O)Nc2cccc(OCCn3ccnc3)c2)CC1(Cl)Cl. The first kappa shape index (κ1) is 16.1. The van der Waals surface area contributed by atoms with Crippen LogP contribution >= 0.6 is 23.2 Å². The van der Waals surface area contributed by atoms with E-state index < -0.39 is 9.75 Å². The number of benzene rings is 1. The van der Waals surface area contributed by atoms with Gasteiger partial charge in [-0.1, -0.05) is 6.07 Å². The van der Waals surface area contributed by atoms with Crippen LogP contribution in [-0.4, -0.2) is 26.4 Å². The summed E-state index contributed by atoms with van der Waals surface area (Å²) < 4.78 is 6.65. The first-order valence-corrected chi connectivity index (χ1v) is 8.04. The van der Waals surface area contributed by atoms with E-state index >= 15 is 0 Å². The van der Waals surface area contributed by atoms with Crippen LogP contribution in [0.1, 0.15) is 13.3 Å². The molecule has 1 N–H and O–H groups in total. The van der Waals surface area contributed by atoms with Crippen molar-refractivity contribution in [3.8, 4) is 5.75 Å². The number of nitrogens with zero attached hydrogens (tertiary/aromatic N) is 2. The van der Waals surface area contributed by atoms with Gasteiger partial charge in [0, 0.05) is 24.1 Å². The van der Waals surface area contributed by atoms with E-state index in [2.05, 4.69) is 10.3 Å². The number of imidazole rings is 1. The van der Waals surface area contributed by atoms with E-state index in [4.69, 9.17) is 27.9 Å². The summed E-state index contributed by atoms with van der Waals surface area (Å²) in [6.07, 6.45) is 5.79. The highest BCUT2D eigenvalue weighted by Crippen LogP contribution is 2.64. The first-order chi connectivity index (χ1) is 10.9. The van der Waals surface area contributed by atoms with Crippen LogP contribution < -0.4 is 10.1 Å². The predicted octanol–water partition coefficient (Wildman–Crippen LogP) is 3.48. The Morgan fingerprint density at radius 3 is 2.91 bits per heavy atom. The van der Waals surface area contributed by atoms with Crippen molar-refractivity contribution in [2.24, 2.45) is 5.41 Å². The van der Waals surface area contributed by atoms with Gasteiger partial charge in [-0.05, 0) is 25.5 Å². The molecule has 0 radical (unpaired) electrons. The fourth-order valence-electron chi connectivity index (χ4n) is 2.27. The number of halogens is 2. The van der Waals surface area contributed by atoms with Crippen LogP contribution in [0.25, 0.3) is 0 Å². The Labute approximate surface area is 144 Å². The van der Waals surface area contributed by atoms with Gasteiger partial charge in [-0.2, -0.15) is 0 Å². The van der Waals surface area contributed by atoms with Crippen LogP contribution in [0.3, 0.4) is 0 Å². The van der Waals surface area contributed by atoms with Crippen LogP contribution in [-0.2, 0) is 11.3 Å². The number of aromatic nitrogens is 2. The molecular weight excluding hydrogens is 337 g/mol. The summed E-state index contributed by atoms with van der Waals surface area (Å²) in [5, 5.41) is 2.84. The maximum atomic E-state index is 12.3. The fraction of sp³-hybridized carbons (Fsp3) is 0.375. The third-order valence-electron chi connectivity index (χ3n) is 4.03. The molecule has 23 heavy (non-hydrogen) atoms. The number of alkyl halides is 2. The second-order valence-electron chi connectivity index (χ2n) is 5.84. The number of carbonyl (C=O) groups excluding carboxylic acids is 1. The standard InChI is InChI=1S/C16H17Cl2N3O2/c1-15(10-16(15,17)18)14(22)20-12-3-2-4-13(9-12)23-8-7-21-6-5-19-11-21/h2-6,9,11H,7-8,10H2,1H3,(H,20,22). The Morgan fingerprint density at radius 2 is 2.26 bits per heavy atom. The Bertz CT molecular complexity index is 703. The molecule has 1 unspecified atom stereocenters. The number of carbonyl (C=O) groups is 1. The average Bonchev–Trinajstić information content (AvgIpc) is 2.87. The highest BCUT2D eigenvalue weighted by atomic mass is 35.5. The van der Waals surface area contributed by atoms with Gasteiger partial charge < -0.3 is 14.6 Å². The molecule has 122 valence electrons. The summed E-state index contributed by atoms with van der Waals surface area (Å²) in [6, 6.07) is 7.25. The zero-order chi connectivity index (χ0) is 16.5. The maximum absolute atomic E-state index is 12.3. The Morgan fingerprint density at radius 1 is 1.48 bits per heavy atom. The molecule has 1 amide bonds. The van der Waals surface area contributed by atoms with Gasteiger partial charge in [-0.3, -0.25) is 4.79 Å². The topological polar surface area (TPSA) is 56.1 Å². The van der Waals surface area contributed by atoms with E-state index in [1.807, 2.05) is 22.9 Å². The second-order valence-corrected chi connectivity index (χ2v) is 7.33. The molecule has 0 spiro atoms. The molecule has 0 aliphatic heterocycles. The molecule has 1 fully saturated rings. The van der Waals surface area contributed by atoms with Crippen molar-refractivity contribution < 1.29 is 9.53 Å². The molecule has 0 saturated heterocycles. The normalized spacial score (nSPS) is 21.7. The van der Waals surface area contributed by atoms with Gasteiger partial charge in [0.2, 0.25) is 5.91 Å². The minimum atomic E-state index is -0.976. The van der Waals surface area contributed by atoms with Crippen molar-refractivity contribution >= 4 is 34.8 Å². The summed E-state index contributed by atoms with van der Waals surface area (Å²) in [4.78, 5) is 16.2. The molecule has 1 heterocycles. The predicted molar refractivity (Wildman–Crippen MR) is 90.0 cm³/mol. The summed E-state index contributed by atoms with van der Waals surface area (Å²) in [6.45, 7) is 2.97. The van der Waals surface area contributed by atoms with E-state index in [1.54, 1.807) is 31.6 Å². The average molecular weight is 354 g/mol. The summed E-state index contributed by atoms with van der Waals surface area (Å²) in [7, 11) is 0. The lowest BCUT2D eigenvalue weighted by Crippen LogP contribution is -2.25. The molecule has 7 heteroatoms. The zero-order valence-electron chi connectivity index (χ0n) is 12.6. The van der Waals surface area contributed by atoms with Gasteiger partial charge in [0.05, 0.1) is 18.3 Å². The Kier molecular flexibility index (Phi) is 4.25. The quantitative estimate of drug-likeness (QED) is 0.808. The van der Waals surface area contributed by atoms with Crippen molar-refractivity contribution in [2.45, 2.75) is 24.2 Å². The summed E-state index contributed by atoms with van der Waals surface area (Å²) in [5.41, 5.74) is -0.0821. The van der Waals surface area contributed by atoms with Gasteiger partial charge in [-0.15, -0.1) is 23.2 Å². The number of amides is 1. The van der Waals surface area contributed by atoms with E-state index in [1.165, 1.54) is 0 Å². The molecule has 2 aromatic rings. The Hall–Kier alpha value is -1.72. The van der Waals surface area contributed by atoms with Gasteiger partial charge in [0.15, 0.2) is 0 Å². The van der Waals surface area contributed by atoms with Crippen LogP contribution in [0.15, 0.2) is 43.0 Å². The first-order valence-electron chi connectivity index (χ1n) is 7.29. The highest BCUT2D eigenvalue weighted by molar-refractivity contribution is 6.53. The summed E-state index contributed by atoms with van der Waals surface area (Å²) in [5.74, 6) is 0.505. The second kappa shape index (κ2) is 6.06. The van der Waals surface area contributed by atoms with E-state index in [9.17, 15) is 4.79 Å². The van der Waals surface area contributed by atoms with Crippen molar-refractivity contribution in [1.29, 1.82) is 0 Å². The monoisotopic (exact) mass is 353 g/mol. The van der Waals surface area contributed by atoms with E-state index in [-0.39, 0.29) is 5.91 Å². The maximum Gasteiger partial charge on any atom is 0.233 e. The number of hydrogen-bond acceptors (Lipinski definition) is 3. The minimum Gasteiger partial charge on any atom is -0.492 e. The Balaban J connectivity index is 1.56. The molecule has 1 aromatic heterocycles. The van der Waals surface area contributed by atoms with Gasteiger partial charge in [0.25, 0.3) is 0 Å². The zero-order valence-corrected chi connectivity index (χ0v) is 14.1. The summed E-state index contributed by atoms with van der Waals surface area (Å²) >= 11 is 12.1.